The zero-order chi connectivity index (χ0) is 21.1. The predicted molar refractivity (Wildman–Crippen MR) is 119 cm³/mol. The lowest BCUT2D eigenvalue weighted by Gasteiger charge is -2.28. The lowest BCUT2D eigenvalue weighted by molar-refractivity contribution is 0.576. The van der Waals surface area contributed by atoms with Crippen molar-refractivity contribution in [3.8, 4) is 17.1 Å². The standard InChI is InChI=1S/C23H20ClFN6/c1-13-8-20(30-12-15-10-17(30)11-27-15)28-23-21(13)29-22(18-9-14(24)2-3-19(18)25)31(23)16-4-6-26-7-5-16/h2-9,15,17,27H,10-12H2,1H3/t15-,17-/m0/s1. The van der Waals surface area contributed by atoms with Gasteiger partial charge in [-0.25, -0.2) is 14.4 Å². The summed E-state index contributed by atoms with van der Waals surface area (Å²) in [7, 11) is 0. The number of imidazole rings is 1. The second-order valence-electron chi connectivity index (χ2n) is 8.22. The van der Waals surface area contributed by atoms with E-state index in [1.807, 2.05) is 23.6 Å². The van der Waals surface area contributed by atoms with Crippen molar-refractivity contribution in [3.63, 3.8) is 0 Å². The third-order valence-corrected chi connectivity index (χ3v) is 6.47. The fourth-order valence-corrected chi connectivity index (χ4v) is 4.93. The summed E-state index contributed by atoms with van der Waals surface area (Å²) in [5, 5.41) is 3.99. The molecule has 2 aliphatic heterocycles. The van der Waals surface area contributed by atoms with Crippen LogP contribution in [0.2, 0.25) is 5.02 Å². The molecule has 31 heavy (non-hydrogen) atoms. The van der Waals surface area contributed by atoms with Gasteiger partial charge in [0.05, 0.1) is 11.3 Å². The predicted octanol–water partition coefficient (Wildman–Crippen LogP) is 4.13. The largest absolute Gasteiger partial charge is 0.351 e. The van der Waals surface area contributed by atoms with Gasteiger partial charge >= 0.3 is 0 Å². The number of aromatic nitrogens is 4. The number of hydrogen-bond acceptors (Lipinski definition) is 5. The minimum atomic E-state index is -0.379. The van der Waals surface area contributed by atoms with E-state index in [4.69, 9.17) is 21.6 Å². The van der Waals surface area contributed by atoms with E-state index >= 15 is 0 Å². The van der Waals surface area contributed by atoms with E-state index in [1.54, 1.807) is 18.5 Å². The van der Waals surface area contributed by atoms with Crippen molar-refractivity contribution in [1.29, 1.82) is 0 Å². The van der Waals surface area contributed by atoms with Crippen LogP contribution in [0.25, 0.3) is 28.2 Å². The molecule has 5 heterocycles. The Kier molecular flexibility index (Phi) is 4.23. The van der Waals surface area contributed by atoms with Crippen molar-refractivity contribution >= 4 is 28.6 Å². The van der Waals surface area contributed by atoms with Gasteiger partial charge in [0.2, 0.25) is 0 Å². The quantitative estimate of drug-likeness (QED) is 0.525. The summed E-state index contributed by atoms with van der Waals surface area (Å²) < 4.78 is 16.7. The Labute approximate surface area is 183 Å². The summed E-state index contributed by atoms with van der Waals surface area (Å²) in [4.78, 5) is 16.4. The highest BCUT2D eigenvalue weighted by molar-refractivity contribution is 6.30. The lowest BCUT2D eigenvalue weighted by Crippen LogP contribution is -2.44. The molecule has 8 heteroatoms. The van der Waals surface area contributed by atoms with Gasteiger partial charge in [0, 0.05) is 42.6 Å². The monoisotopic (exact) mass is 434 g/mol. The summed E-state index contributed by atoms with van der Waals surface area (Å²) in [6.45, 7) is 3.95. The second kappa shape index (κ2) is 7.00. The van der Waals surface area contributed by atoms with E-state index in [1.165, 1.54) is 12.1 Å². The van der Waals surface area contributed by atoms with Gasteiger partial charge in [0.15, 0.2) is 5.65 Å². The van der Waals surface area contributed by atoms with E-state index in [0.717, 1.165) is 42.1 Å². The highest BCUT2D eigenvalue weighted by atomic mass is 35.5. The van der Waals surface area contributed by atoms with Crippen molar-refractivity contribution in [1.82, 2.24) is 24.8 Å². The lowest BCUT2D eigenvalue weighted by atomic mass is 10.2. The van der Waals surface area contributed by atoms with E-state index in [0.29, 0.717) is 34.1 Å². The number of piperazine rings is 1. The van der Waals surface area contributed by atoms with Crippen LogP contribution in [0, 0.1) is 12.7 Å². The second-order valence-corrected chi connectivity index (χ2v) is 8.65. The first-order valence-electron chi connectivity index (χ1n) is 10.3. The summed E-state index contributed by atoms with van der Waals surface area (Å²) in [5.41, 5.74) is 3.61. The van der Waals surface area contributed by atoms with Crippen LogP contribution in [0.3, 0.4) is 0 Å². The first kappa shape index (κ1) is 18.7. The average molecular weight is 435 g/mol. The third-order valence-electron chi connectivity index (χ3n) is 6.23. The van der Waals surface area contributed by atoms with Crippen LogP contribution in [-0.2, 0) is 0 Å². The number of benzene rings is 1. The molecule has 2 bridgehead atoms. The Balaban J connectivity index is 1.62. The molecular formula is C23H20ClFN6. The number of rotatable bonds is 3. The fourth-order valence-electron chi connectivity index (χ4n) is 4.76. The van der Waals surface area contributed by atoms with Crippen LogP contribution in [0.1, 0.15) is 12.0 Å². The van der Waals surface area contributed by atoms with Crippen LogP contribution >= 0.6 is 11.6 Å². The Morgan fingerprint density at radius 3 is 2.71 bits per heavy atom. The maximum atomic E-state index is 14.8. The summed E-state index contributed by atoms with van der Waals surface area (Å²) in [6.07, 6.45) is 4.56. The molecule has 2 atom stereocenters. The molecule has 0 unspecified atom stereocenters. The first-order valence-corrected chi connectivity index (χ1v) is 10.7. The number of halogens is 2. The highest BCUT2D eigenvalue weighted by Gasteiger charge is 2.38. The molecule has 6 nitrogen and oxygen atoms in total. The fraction of sp³-hybridized carbons (Fsp3) is 0.261. The Bertz CT molecular complexity index is 1300. The zero-order valence-electron chi connectivity index (χ0n) is 16.9. The van der Waals surface area contributed by atoms with E-state index in [2.05, 4.69) is 21.3 Å². The molecule has 156 valence electrons. The number of nitrogens with one attached hydrogen (secondary N) is 1. The van der Waals surface area contributed by atoms with Crippen molar-refractivity contribution in [2.45, 2.75) is 25.4 Å². The van der Waals surface area contributed by atoms with Gasteiger partial charge in [0.1, 0.15) is 23.0 Å². The van der Waals surface area contributed by atoms with E-state index in [9.17, 15) is 4.39 Å². The number of hydrogen-bond donors (Lipinski definition) is 1. The van der Waals surface area contributed by atoms with E-state index < -0.39 is 0 Å². The molecule has 2 aliphatic rings. The van der Waals surface area contributed by atoms with Gasteiger partial charge in [-0.2, -0.15) is 0 Å². The summed E-state index contributed by atoms with van der Waals surface area (Å²) in [6, 6.07) is 11.3. The van der Waals surface area contributed by atoms with Gasteiger partial charge in [-0.15, -0.1) is 0 Å². The average Bonchev–Trinajstić information content (AvgIpc) is 3.50. The van der Waals surface area contributed by atoms with Crippen LogP contribution in [0.15, 0.2) is 48.8 Å². The van der Waals surface area contributed by atoms with Gasteiger partial charge in [0.25, 0.3) is 0 Å². The Morgan fingerprint density at radius 2 is 1.97 bits per heavy atom. The maximum absolute atomic E-state index is 14.8. The van der Waals surface area contributed by atoms with Gasteiger partial charge in [-0.05, 0) is 55.3 Å². The van der Waals surface area contributed by atoms with Gasteiger partial charge < -0.3 is 10.2 Å². The molecule has 2 saturated heterocycles. The molecule has 1 aromatic carbocycles. The zero-order valence-corrected chi connectivity index (χ0v) is 17.6. The number of aryl methyl sites for hydroxylation is 1. The molecule has 2 fully saturated rings. The smallest absolute Gasteiger partial charge is 0.167 e. The van der Waals surface area contributed by atoms with Crippen LogP contribution in [-0.4, -0.2) is 44.7 Å². The molecule has 0 aliphatic carbocycles. The molecule has 3 aromatic heterocycles. The van der Waals surface area contributed by atoms with Gasteiger partial charge in [-0.3, -0.25) is 9.55 Å². The van der Waals surface area contributed by atoms with E-state index in [-0.39, 0.29) is 5.82 Å². The topological polar surface area (TPSA) is 58.9 Å². The Hall–Kier alpha value is -3.03. The molecule has 1 N–H and O–H groups in total. The van der Waals surface area contributed by atoms with Crippen LogP contribution < -0.4 is 10.2 Å². The molecule has 0 amide bonds. The van der Waals surface area contributed by atoms with Crippen molar-refractivity contribution in [3.05, 3.63) is 65.2 Å². The molecule has 0 saturated carbocycles. The molecule has 6 rings (SSSR count). The SMILES string of the molecule is Cc1cc(N2C[C@@H]3C[C@H]2CN3)nc2c1nc(-c1cc(Cl)ccc1F)n2-c1ccncc1. The minimum absolute atomic E-state index is 0.340. The number of nitrogens with zero attached hydrogens (tertiary/aromatic N) is 5. The molecule has 0 radical (unpaired) electrons. The molecule has 0 spiro atoms. The normalized spacial score (nSPS) is 20.2. The minimum Gasteiger partial charge on any atom is -0.351 e. The Morgan fingerprint density at radius 1 is 1.13 bits per heavy atom. The highest BCUT2D eigenvalue weighted by Crippen LogP contribution is 2.35. The summed E-state index contributed by atoms with van der Waals surface area (Å²) >= 11 is 6.20. The van der Waals surface area contributed by atoms with Crippen LogP contribution in [0.4, 0.5) is 10.2 Å². The van der Waals surface area contributed by atoms with Crippen LogP contribution in [0.5, 0.6) is 0 Å². The first-order chi connectivity index (χ1) is 15.1. The number of anilines is 1. The van der Waals surface area contributed by atoms with Crippen molar-refractivity contribution < 1.29 is 4.39 Å². The van der Waals surface area contributed by atoms with Gasteiger partial charge in [-0.1, -0.05) is 11.6 Å². The summed E-state index contributed by atoms with van der Waals surface area (Å²) in [5.74, 6) is 1.03. The number of fused-ring (bicyclic) bond motifs is 3. The van der Waals surface area contributed by atoms with Crippen molar-refractivity contribution in [2.24, 2.45) is 0 Å². The maximum Gasteiger partial charge on any atom is 0.167 e. The van der Waals surface area contributed by atoms with Crippen molar-refractivity contribution in [2.75, 3.05) is 18.0 Å². The third kappa shape index (κ3) is 2.99. The molecule has 4 aromatic rings. The molecular weight excluding hydrogens is 415 g/mol. The number of pyridine rings is 2.